The van der Waals surface area contributed by atoms with Crippen molar-refractivity contribution < 1.29 is 8.78 Å². The number of nitrogens with zero attached hydrogens (tertiary/aromatic N) is 1. The predicted octanol–water partition coefficient (Wildman–Crippen LogP) is 2.43. The standard InChI is InChI=1S/C6H4BrF2N/c1-3-5(8)2-4(7)6(9)10-3/h2H,1H3. The van der Waals surface area contributed by atoms with Crippen molar-refractivity contribution >= 4 is 15.9 Å². The molecule has 0 bridgehead atoms. The first kappa shape index (κ1) is 7.60. The van der Waals surface area contributed by atoms with Gasteiger partial charge >= 0.3 is 0 Å². The number of hydrogen-bond donors (Lipinski definition) is 0. The Morgan fingerprint density at radius 2 is 2.10 bits per heavy atom. The van der Waals surface area contributed by atoms with Crippen LogP contribution in [0.5, 0.6) is 0 Å². The van der Waals surface area contributed by atoms with Gasteiger partial charge in [-0.15, -0.1) is 0 Å². The molecular weight excluding hydrogens is 204 g/mol. The van der Waals surface area contributed by atoms with Gasteiger partial charge in [-0.25, -0.2) is 9.37 Å². The lowest BCUT2D eigenvalue weighted by molar-refractivity contribution is 0.544. The molecule has 1 aromatic heterocycles. The van der Waals surface area contributed by atoms with E-state index in [1.54, 1.807) is 0 Å². The van der Waals surface area contributed by atoms with Crippen LogP contribution in [0.2, 0.25) is 0 Å². The summed E-state index contributed by atoms with van der Waals surface area (Å²) < 4.78 is 25.0. The molecule has 0 radical (unpaired) electrons. The number of rotatable bonds is 0. The summed E-state index contributed by atoms with van der Waals surface area (Å²) in [6.45, 7) is 1.41. The zero-order valence-corrected chi connectivity index (χ0v) is 6.74. The fraction of sp³-hybridized carbons (Fsp3) is 0.167. The van der Waals surface area contributed by atoms with Gasteiger partial charge in [-0.05, 0) is 28.9 Å². The molecule has 1 nitrogen and oxygen atoms in total. The lowest BCUT2D eigenvalue weighted by atomic mass is 10.4. The van der Waals surface area contributed by atoms with Crippen LogP contribution in [0.15, 0.2) is 10.5 Å². The van der Waals surface area contributed by atoms with Gasteiger partial charge in [0.15, 0.2) is 0 Å². The van der Waals surface area contributed by atoms with Crippen molar-refractivity contribution in [1.29, 1.82) is 0 Å². The quantitative estimate of drug-likeness (QED) is 0.596. The summed E-state index contributed by atoms with van der Waals surface area (Å²) >= 11 is 2.80. The highest BCUT2D eigenvalue weighted by Gasteiger charge is 2.04. The van der Waals surface area contributed by atoms with Crippen molar-refractivity contribution in [1.82, 2.24) is 4.98 Å². The van der Waals surface area contributed by atoms with E-state index in [9.17, 15) is 8.78 Å². The molecule has 0 aromatic carbocycles. The minimum atomic E-state index is -0.682. The third-order valence-electron chi connectivity index (χ3n) is 1.06. The van der Waals surface area contributed by atoms with Crippen molar-refractivity contribution in [3.05, 3.63) is 28.0 Å². The van der Waals surface area contributed by atoms with Crippen molar-refractivity contribution in [2.45, 2.75) is 6.92 Å². The molecule has 10 heavy (non-hydrogen) atoms. The minimum absolute atomic E-state index is 0.0515. The van der Waals surface area contributed by atoms with Crippen LogP contribution in [0.3, 0.4) is 0 Å². The van der Waals surface area contributed by atoms with E-state index < -0.39 is 11.8 Å². The molecule has 0 saturated carbocycles. The lowest BCUT2D eigenvalue weighted by Crippen LogP contribution is -1.92. The van der Waals surface area contributed by atoms with Crippen molar-refractivity contribution in [3.63, 3.8) is 0 Å². The smallest absolute Gasteiger partial charge is 0.221 e. The Morgan fingerprint density at radius 1 is 1.50 bits per heavy atom. The van der Waals surface area contributed by atoms with E-state index in [4.69, 9.17) is 0 Å². The molecule has 0 spiro atoms. The summed E-state index contributed by atoms with van der Waals surface area (Å²) in [6, 6.07) is 1.05. The van der Waals surface area contributed by atoms with Gasteiger partial charge in [-0.2, -0.15) is 4.39 Å². The maximum absolute atomic E-state index is 12.5. The normalized spacial score (nSPS) is 10.0. The summed E-state index contributed by atoms with van der Waals surface area (Å²) in [5, 5.41) is 0. The summed E-state index contributed by atoms with van der Waals surface area (Å²) in [4.78, 5) is 3.28. The molecule has 1 aromatic rings. The van der Waals surface area contributed by atoms with Crippen LogP contribution >= 0.6 is 15.9 Å². The van der Waals surface area contributed by atoms with E-state index in [0.29, 0.717) is 0 Å². The largest absolute Gasteiger partial charge is 0.227 e. The monoisotopic (exact) mass is 207 g/mol. The van der Waals surface area contributed by atoms with Gasteiger partial charge in [0.2, 0.25) is 5.95 Å². The topological polar surface area (TPSA) is 12.9 Å². The van der Waals surface area contributed by atoms with E-state index in [0.717, 1.165) is 6.07 Å². The Balaban J connectivity index is 3.28. The van der Waals surface area contributed by atoms with Gasteiger partial charge in [0.25, 0.3) is 0 Å². The molecule has 0 fully saturated rings. The van der Waals surface area contributed by atoms with Crippen LogP contribution < -0.4 is 0 Å². The fourth-order valence-electron chi connectivity index (χ4n) is 0.529. The molecular formula is C6H4BrF2N. The molecule has 0 aliphatic heterocycles. The van der Waals surface area contributed by atoms with E-state index in [1.807, 2.05) is 0 Å². The highest BCUT2D eigenvalue weighted by molar-refractivity contribution is 9.10. The van der Waals surface area contributed by atoms with Crippen molar-refractivity contribution in [2.24, 2.45) is 0 Å². The maximum Gasteiger partial charge on any atom is 0.227 e. The third kappa shape index (κ3) is 1.31. The first-order chi connectivity index (χ1) is 4.61. The molecule has 0 aliphatic rings. The Labute approximate surface area is 65.2 Å². The molecule has 54 valence electrons. The highest BCUT2D eigenvalue weighted by atomic mass is 79.9. The van der Waals surface area contributed by atoms with Gasteiger partial charge in [0.1, 0.15) is 5.82 Å². The Bertz CT molecular complexity index is 212. The Kier molecular flexibility index (Phi) is 1.99. The number of hydrogen-bond acceptors (Lipinski definition) is 1. The fourth-order valence-corrected chi connectivity index (χ4v) is 0.819. The molecule has 0 aliphatic carbocycles. The first-order valence-electron chi connectivity index (χ1n) is 2.59. The molecule has 4 heteroatoms. The van der Waals surface area contributed by atoms with Gasteiger partial charge in [-0.3, -0.25) is 0 Å². The second-order valence-corrected chi connectivity index (χ2v) is 2.68. The van der Waals surface area contributed by atoms with Crippen molar-refractivity contribution in [3.8, 4) is 0 Å². The van der Waals surface area contributed by atoms with Crippen LogP contribution in [-0.2, 0) is 0 Å². The first-order valence-corrected chi connectivity index (χ1v) is 3.38. The molecule has 0 amide bonds. The van der Waals surface area contributed by atoms with Gasteiger partial charge in [0.05, 0.1) is 10.2 Å². The molecule has 1 rings (SSSR count). The second kappa shape index (κ2) is 2.62. The summed E-state index contributed by atoms with van der Waals surface area (Å²) in [7, 11) is 0. The zero-order valence-electron chi connectivity index (χ0n) is 5.16. The van der Waals surface area contributed by atoms with Crippen LogP contribution in [0.1, 0.15) is 5.69 Å². The minimum Gasteiger partial charge on any atom is -0.221 e. The van der Waals surface area contributed by atoms with Crippen LogP contribution in [0, 0.1) is 18.7 Å². The molecule has 0 N–H and O–H groups in total. The van der Waals surface area contributed by atoms with Gasteiger partial charge < -0.3 is 0 Å². The second-order valence-electron chi connectivity index (χ2n) is 1.83. The molecule has 1 heterocycles. The Hall–Kier alpha value is -0.510. The summed E-state index contributed by atoms with van der Waals surface area (Å²) in [6.07, 6.45) is 0. The third-order valence-corrected chi connectivity index (χ3v) is 1.62. The SMILES string of the molecule is Cc1nc(F)c(Br)cc1F. The predicted molar refractivity (Wildman–Crippen MR) is 36.6 cm³/mol. The van der Waals surface area contributed by atoms with Crippen molar-refractivity contribution in [2.75, 3.05) is 0 Å². The highest BCUT2D eigenvalue weighted by Crippen LogP contribution is 2.15. The van der Waals surface area contributed by atoms with E-state index >= 15 is 0 Å². The van der Waals surface area contributed by atoms with Gasteiger partial charge in [-0.1, -0.05) is 0 Å². The van der Waals surface area contributed by atoms with Crippen LogP contribution in [0.25, 0.3) is 0 Å². The number of aryl methyl sites for hydroxylation is 1. The average Bonchev–Trinajstić information content (AvgIpc) is 1.84. The molecule has 0 saturated heterocycles. The van der Waals surface area contributed by atoms with E-state index in [2.05, 4.69) is 20.9 Å². The molecule has 0 atom stereocenters. The average molecular weight is 208 g/mol. The van der Waals surface area contributed by atoms with E-state index in [-0.39, 0.29) is 10.2 Å². The van der Waals surface area contributed by atoms with Crippen LogP contribution in [0.4, 0.5) is 8.78 Å². The zero-order chi connectivity index (χ0) is 7.72. The summed E-state index contributed by atoms with van der Waals surface area (Å²) in [5.41, 5.74) is 0.0701. The number of pyridine rings is 1. The molecule has 0 unspecified atom stereocenters. The van der Waals surface area contributed by atoms with Crippen LogP contribution in [-0.4, -0.2) is 4.98 Å². The van der Waals surface area contributed by atoms with Gasteiger partial charge in [0, 0.05) is 0 Å². The number of halogens is 3. The van der Waals surface area contributed by atoms with E-state index in [1.165, 1.54) is 6.92 Å². The Morgan fingerprint density at radius 3 is 2.60 bits per heavy atom. The maximum atomic E-state index is 12.5. The summed E-state index contributed by atoms with van der Waals surface area (Å²) in [5.74, 6) is -1.19. The lowest BCUT2D eigenvalue weighted by Gasteiger charge is -1.95. The number of aromatic nitrogens is 1.